The zero-order valence-electron chi connectivity index (χ0n) is 23.1. The molecule has 0 spiro atoms. The number of nitrogens with two attached hydrogens (primary N) is 1. The molecule has 0 rings (SSSR count). The zero-order chi connectivity index (χ0) is 26.9. The van der Waals surface area contributed by atoms with E-state index < -0.39 is 26.4 Å². The Morgan fingerprint density at radius 1 is 0.667 bits per heavy atom. The lowest BCUT2D eigenvalue weighted by Crippen LogP contribution is -2.29. The van der Waals surface area contributed by atoms with Crippen molar-refractivity contribution in [2.75, 3.05) is 13.2 Å². The maximum absolute atomic E-state index is 12.2. The van der Waals surface area contributed by atoms with Crippen molar-refractivity contribution in [2.24, 2.45) is 5.50 Å². The van der Waals surface area contributed by atoms with Gasteiger partial charge in [0, 0.05) is 12.8 Å². The van der Waals surface area contributed by atoms with Gasteiger partial charge in [-0.05, 0) is 12.8 Å². The summed E-state index contributed by atoms with van der Waals surface area (Å²) in [6.45, 7) is 3.79. The average molecular weight is 536 g/mol. The van der Waals surface area contributed by atoms with Crippen molar-refractivity contribution in [1.82, 2.24) is 0 Å². The molecule has 0 aliphatic rings. The number of carbonyl (C=O) groups is 2. The minimum absolute atomic E-state index is 0.222. The molecule has 0 aromatic rings. The Hall–Kier alpha value is -0.950. The maximum atomic E-state index is 12.2. The Kier molecular flexibility index (Phi) is 23.7. The Bertz CT molecular complexity index is 582. The van der Waals surface area contributed by atoms with Crippen LogP contribution < -0.4 is 5.50 Å². The van der Waals surface area contributed by atoms with Gasteiger partial charge in [-0.3, -0.25) is 14.1 Å². The van der Waals surface area contributed by atoms with Crippen LogP contribution >= 0.6 is 7.75 Å². The van der Waals surface area contributed by atoms with Crippen molar-refractivity contribution in [2.45, 2.75) is 148 Å². The highest BCUT2D eigenvalue weighted by Gasteiger charge is 2.21. The third-order valence-corrected chi connectivity index (χ3v) is 6.66. The molecule has 0 saturated heterocycles. The standard InChI is InChI=1S/C27H54NO7P/c1-3-5-7-9-11-13-15-17-19-21-26(29)33-23-25(24-34-36(28,31)32)35-27(30)22-20-18-16-14-12-10-8-6-4-2/h25H,3-24H2,1-2H3,(H3,28,31,32). The molecule has 36 heavy (non-hydrogen) atoms. The molecule has 0 saturated carbocycles. The molecule has 0 aromatic heterocycles. The van der Waals surface area contributed by atoms with Gasteiger partial charge in [0.15, 0.2) is 6.10 Å². The van der Waals surface area contributed by atoms with Gasteiger partial charge in [-0.25, -0.2) is 10.1 Å². The highest BCUT2D eigenvalue weighted by atomic mass is 31.2. The Balaban J connectivity index is 4.08. The van der Waals surface area contributed by atoms with Crippen LogP contribution in [-0.2, 0) is 28.2 Å². The second-order valence-electron chi connectivity index (χ2n) is 9.81. The van der Waals surface area contributed by atoms with E-state index in [1.165, 1.54) is 77.0 Å². The second kappa shape index (κ2) is 24.4. The van der Waals surface area contributed by atoms with Crippen LogP contribution in [0, 0.1) is 0 Å². The van der Waals surface area contributed by atoms with Crippen LogP contribution in [-0.4, -0.2) is 36.1 Å². The van der Waals surface area contributed by atoms with Crippen molar-refractivity contribution in [3.05, 3.63) is 0 Å². The van der Waals surface area contributed by atoms with Gasteiger partial charge >= 0.3 is 19.7 Å². The lowest BCUT2D eigenvalue weighted by atomic mass is 10.1. The molecule has 0 amide bonds. The van der Waals surface area contributed by atoms with Crippen molar-refractivity contribution in [3.63, 3.8) is 0 Å². The number of ether oxygens (including phenoxy) is 2. The molecule has 0 aromatic carbocycles. The third-order valence-electron chi connectivity index (χ3n) is 6.14. The third kappa shape index (κ3) is 26.1. The first kappa shape index (κ1) is 35.0. The molecule has 3 N–H and O–H groups in total. The first-order valence-electron chi connectivity index (χ1n) is 14.4. The predicted octanol–water partition coefficient (Wildman–Crippen LogP) is 7.36. The molecule has 0 bridgehead atoms. The van der Waals surface area contributed by atoms with Crippen LogP contribution in [0.1, 0.15) is 142 Å². The number of hydrogen-bond acceptors (Lipinski definition) is 6. The first-order valence-corrected chi connectivity index (χ1v) is 16.0. The van der Waals surface area contributed by atoms with Crippen molar-refractivity contribution in [1.29, 1.82) is 0 Å². The predicted molar refractivity (Wildman–Crippen MR) is 144 cm³/mol. The van der Waals surface area contributed by atoms with Crippen molar-refractivity contribution < 1.29 is 33.0 Å². The lowest BCUT2D eigenvalue weighted by molar-refractivity contribution is -0.161. The smallest absolute Gasteiger partial charge is 0.400 e. The number of esters is 2. The summed E-state index contributed by atoms with van der Waals surface area (Å²) < 4.78 is 26.5. The Morgan fingerprint density at radius 3 is 1.47 bits per heavy atom. The molecule has 2 unspecified atom stereocenters. The number of unbranched alkanes of at least 4 members (excludes halogenated alkanes) is 16. The molecule has 0 radical (unpaired) electrons. The fourth-order valence-electron chi connectivity index (χ4n) is 3.97. The maximum Gasteiger partial charge on any atom is 0.400 e. The highest BCUT2D eigenvalue weighted by Crippen LogP contribution is 2.31. The number of carbonyl (C=O) groups excluding carboxylic acids is 2. The summed E-state index contributed by atoms with van der Waals surface area (Å²) in [5.74, 6) is -0.816. The van der Waals surface area contributed by atoms with Crippen molar-refractivity contribution >= 4 is 19.7 Å². The van der Waals surface area contributed by atoms with Gasteiger partial charge in [-0.15, -0.1) is 0 Å². The molecule has 0 fully saturated rings. The van der Waals surface area contributed by atoms with Gasteiger partial charge in [0.2, 0.25) is 0 Å². The minimum atomic E-state index is -4.22. The summed E-state index contributed by atoms with van der Waals surface area (Å²) in [6, 6.07) is 0. The molecular formula is C27H54NO7P. The normalized spacial score (nSPS) is 13.8. The zero-order valence-corrected chi connectivity index (χ0v) is 23.9. The molecule has 0 heterocycles. The summed E-state index contributed by atoms with van der Waals surface area (Å²) in [5, 5.41) is 0. The van der Waals surface area contributed by atoms with Crippen molar-refractivity contribution in [3.8, 4) is 0 Å². The van der Waals surface area contributed by atoms with E-state index in [-0.39, 0.29) is 19.0 Å². The van der Waals surface area contributed by atoms with E-state index in [1.54, 1.807) is 0 Å². The summed E-state index contributed by atoms with van der Waals surface area (Å²) in [5.41, 5.74) is 5.02. The minimum Gasteiger partial charge on any atom is -0.462 e. The van der Waals surface area contributed by atoms with Gasteiger partial charge in [0.25, 0.3) is 0 Å². The molecule has 214 valence electrons. The molecule has 2 atom stereocenters. The van der Waals surface area contributed by atoms with Crippen LogP contribution in [0.25, 0.3) is 0 Å². The van der Waals surface area contributed by atoms with Crippen LogP contribution in [0.5, 0.6) is 0 Å². The second-order valence-corrected chi connectivity index (χ2v) is 11.2. The first-order chi connectivity index (χ1) is 17.3. The monoisotopic (exact) mass is 535 g/mol. The van der Waals surface area contributed by atoms with E-state index in [1.807, 2.05) is 0 Å². The molecule has 8 nitrogen and oxygen atoms in total. The van der Waals surface area contributed by atoms with Crippen LogP contribution in [0.2, 0.25) is 0 Å². The largest absolute Gasteiger partial charge is 0.462 e. The highest BCUT2D eigenvalue weighted by molar-refractivity contribution is 7.50. The molecule has 0 aliphatic heterocycles. The molecule has 9 heteroatoms. The summed E-state index contributed by atoms with van der Waals surface area (Å²) >= 11 is 0. The summed E-state index contributed by atoms with van der Waals surface area (Å²) in [6.07, 6.45) is 20.2. The summed E-state index contributed by atoms with van der Waals surface area (Å²) in [4.78, 5) is 33.4. The van der Waals surface area contributed by atoms with Crippen LogP contribution in [0.15, 0.2) is 0 Å². The Labute approximate surface area is 220 Å². The lowest BCUT2D eigenvalue weighted by Gasteiger charge is -2.18. The summed E-state index contributed by atoms with van der Waals surface area (Å²) in [7, 11) is -4.22. The van der Waals surface area contributed by atoms with Crippen LogP contribution in [0.3, 0.4) is 0 Å². The SMILES string of the molecule is CCCCCCCCCCCC(=O)OCC(COP(N)(=O)O)OC(=O)CCCCCCCCCCC. The van der Waals surface area contributed by atoms with E-state index in [0.717, 1.165) is 38.5 Å². The van der Waals surface area contributed by atoms with Crippen LogP contribution in [0.4, 0.5) is 0 Å². The van der Waals surface area contributed by atoms with Gasteiger partial charge in [-0.1, -0.05) is 117 Å². The number of hydrogen-bond donors (Lipinski definition) is 2. The van der Waals surface area contributed by atoms with E-state index in [9.17, 15) is 19.0 Å². The van der Waals surface area contributed by atoms with E-state index in [0.29, 0.717) is 6.42 Å². The van der Waals surface area contributed by atoms with Gasteiger partial charge in [0.05, 0.1) is 6.61 Å². The fourth-order valence-corrected chi connectivity index (χ4v) is 4.35. The van der Waals surface area contributed by atoms with Gasteiger partial charge in [0.1, 0.15) is 6.61 Å². The van der Waals surface area contributed by atoms with E-state index >= 15 is 0 Å². The molecule has 0 aliphatic carbocycles. The average Bonchev–Trinajstić information content (AvgIpc) is 2.83. The van der Waals surface area contributed by atoms with E-state index in [2.05, 4.69) is 13.8 Å². The Morgan fingerprint density at radius 2 is 1.06 bits per heavy atom. The van der Waals surface area contributed by atoms with E-state index in [4.69, 9.17) is 19.5 Å². The van der Waals surface area contributed by atoms with Gasteiger partial charge < -0.3 is 14.4 Å². The number of rotatable bonds is 26. The quantitative estimate of drug-likeness (QED) is 0.0668. The topological polar surface area (TPSA) is 125 Å². The van der Waals surface area contributed by atoms with Gasteiger partial charge in [-0.2, -0.15) is 0 Å². The fraction of sp³-hybridized carbons (Fsp3) is 0.926. The molecular weight excluding hydrogens is 481 g/mol.